The van der Waals surface area contributed by atoms with Crippen LogP contribution in [0.1, 0.15) is 30.0 Å². The Morgan fingerprint density at radius 3 is 2.66 bits per heavy atom. The second-order valence-electron chi connectivity index (χ2n) is 7.83. The lowest BCUT2D eigenvalue weighted by molar-refractivity contribution is 0.276. The molecule has 160 valence electrons. The fourth-order valence-electron chi connectivity index (χ4n) is 3.76. The van der Waals surface area contributed by atoms with Gasteiger partial charge in [0.25, 0.3) is 0 Å². The molecule has 0 fully saturated rings. The van der Waals surface area contributed by atoms with Gasteiger partial charge in [-0.05, 0) is 56.3 Å². The Kier molecular flexibility index (Phi) is 5.01. The van der Waals surface area contributed by atoms with E-state index in [4.69, 9.17) is 10.7 Å². The van der Waals surface area contributed by atoms with Gasteiger partial charge in [-0.1, -0.05) is 12.1 Å². The molecule has 8 heteroatoms. The van der Waals surface area contributed by atoms with Gasteiger partial charge in [0.2, 0.25) is 0 Å². The van der Waals surface area contributed by atoms with E-state index in [9.17, 15) is 5.11 Å². The maximum Gasteiger partial charge on any atom is 0.154 e. The highest BCUT2D eigenvalue weighted by molar-refractivity contribution is 5.97. The molecule has 8 nitrogen and oxygen atoms in total. The van der Waals surface area contributed by atoms with E-state index in [0.717, 1.165) is 44.8 Å². The number of nitrogens with two attached hydrogens (primary N) is 1. The van der Waals surface area contributed by atoms with Gasteiger partial charge < -0.3 is 10.8 Å². The molecule has 1 atom stereocenters. The third kappa shape index (κ3) is 3.55. The van der Waals surface area contributed by atoms with Crippen LogP contribution in [0.5, 0.6) is 0 Å². The van der Waals surface area contributed by atoms with Crippen LogP contribution in [0.15, 0.2) is 60.8 Å². The molecule has 0 radical (unpaired) electrons. The average Bonchev–Trinajstić information content (AvgIpc) is 3.45. The topological polar surface area (TPSA) is 119 Å². The SMILES string of the molecule is Cc1cc(-c2cc(-c3cccc(C(C)N)n3)cc3c2cnn3-c2cccc(CO)n2)n[nH]1. The van der Waals surface area contributed by atoms with Crippen molar-refractivity contribution < 1.29 is 5.11 Å². The van der Waals surface area contributed by atoms with Gasteiger partial charge in [-0.25, -0.2) is 9.67 Å². The molecular formula is C24H23N7O. The highest BCUT2D eigenvalue weighted by atomic mass is 16.3. The Morgan fingerprint density at radius 1 is 1.06 bits per heavy atom. The Morgan fingerprint density at radius 2 is 1.91 bits per heavy atom. The summed E-state index contributed by atoms with van der Waals surface area (Å²) in [6, 6.07) is 17.3. The number of aromatic nitrogens is 6. The zero-order valence-corrected chi connectivity index (χ0v) is 17.8. The summed E-state index contributed by atoms with van der Waals surface area (Å²) >= 11 is 0. The largest absolute Gasteiger partial charge is 0.390 e. The monoisotopic (exact) mass is 425 g/mol. The van der Waals surface area contributed by atoms with Crippen LogP contribution in [0.4, 0.5) is 0 Å². The van der Waals surface area contributed by atoms with Crippen molar-refractivity contribution in [1.29, 1.82) is 0 Å². The first-order valence-corrected chi connectivity index (χ1v) is 10.4. The van der Waals surface area contributed by atoms with Crippen LogP contribution in [0.2, 0.25) is 0 Å². The summed E-state index contributed by atoms with van der Waals surface area (Å²) < 4.78 is 1.77. The zero-order valence-electron chi connectivity index (χ0n) is 17.8. The third-order valence-corrected chi connectivity index (χ3v) is 5.37. The minimum Gasteiger partial charge on any atom is -0.390 e. The Bertz CT molecular complexity index is 1420. The summed E-state index contributed by atoms with van der Waals surface area (Å²) in [6.45, 7) is 3.76. The molecule has 4 heterocycles. The number of H-pyrrole nitrogens is 1. The first-order valence-electron chi connectivity index (χ1n) is 10.4. The number of nitrogens with zero attached hydrogens (tertiary/aromatic N) is 5. The molecule has 0 spiro atoms. The Balaban J connectivity index is 1.77. The summed E-state index contributed by atoms with van der Waals surface area (Å²) in [7, 11) is 0. The molecule has 0 aliphatic heterocycles. The fraction of sp³-hybridized carbons (Fsp3) is 0.167. The van der Waals surface area contributed by atoms with Crippen LogP contribution in [-0.2, 0) is 6.61 Å². The third-order valence-electron chi connectivity index (χ3n) is 5.37. The molecule has 5 aromatic rings. The summed E-state index contributed by atoms with van der Waals surface area (Å²) in [4.78, 5) is 9.30. The van der Waals surface area contributed by atoms with Crippen molar-refractivity contribution in [2.75, 3.05) is 0 Å². The Labute approximate surface area is 184 Å². The van der Waals surface area contributed by atoms with E-state index < -0.39 is 0 Å². The lowest BCUT2D eigenvalue weighted by atomic mass is 10.0. The van der Waals surface area contributed by atoms with Gasteiger partial charge in [-0.15, -0.1) is 0 Å². The van der Waals surface area contributed by atoms with Crippen molar-refractivity contribution in [1.82, 2.24) is 29.9 Å². The molecule has 5 rings (SSSR count). The van der Waals surface area contributed by atoms with E-state index in [-0.39, 0.29) is 12.6 Å². The smallest absolute Gasteiger partial charge is 0.154 e. The molecular weight excluding hydrogens is 402 g/mol. The van der Waals surface area contributed by atoms with Crippen molar-refractivity contribution in [3.8, 4) is 28.3 Å². The van der Waals surface area contributed by atoms with Crippen LogP contribution < -0.4 is 5.73 Å². The van der Waals surface area contributed by atoms with Crippen LogP contribution >= 0.6 is 0 Å². The number of aryl methyl sites for hydroxylation is 1. The van der Waals surface area contributed by atoms with E-state index in [1.54, 1.807) is 10.7 Å². The van der Waals surface area contributed by atoms with Crippen molar-refractivity contribution >= 4 is 10.9 Å². The maximum atomic E-state index is 9.51. The summed E-state index contributed by atoms with van der Waals surface area (Å²) in [5.74, 6) is 0.630. The van der Waals surface area contributed by atoms with E-state index >= 15 is 0 Å². The number of pyridine rings is 2. The first-order chi connectivity index (χ1) is 15.5. The number of benzene rings is 1. The number of rotatable bonds is 5. The number of aliphatic hydroxyl groups excluding tert-OH is 1. The molecule has 0 aliphatic rings. The van der Waals surface area contributed by atoms with E-state index in [2.05, 4.69) is 26.3 Å². The molecule has 1 aromatic carbocycles. The summed E-state index contributed by atoms with van der Waals surface area (Å²) in [5.41, 5.74) is 12.8. The van der Waals surface area contributed by atoms with Crippen molar-refractivity contribution in [2.45, 2.75) is 26.5 Å². The molecule has 0 amide bonds. The number of nitrogens with one attached hydrogen (secondary N) is 1. The van der Waals surface area contributed by atoms with Gasteiger partial charge in [0.15, 0.2) is 5.82 Å². The lowest BCUT2D eigenvalue weighted by Crippen LogP contribution is -2.07. The number of hydrogen-bond donors (Lipinski definition) is 3. The molecule has 0 saturated heterocycles. The highest BCUT2D eigenvalue weighted by Gasteiger charge is 2.16. The maximum absolute atomic E-state index is 9.51. The number of aliphatic hydroxyl groups is 1. The number of hydrogen-bond acceptors (Lipinski definition) is 6. The molecule has 0 saturated carbocycles. The average molecular weight is 425 g/mol. The van der Waals surface area contributed by atoms with Crippen molar-refractivity contribution in [2.24, 2.45) is 5.73 Å². The number of fused-ring (bicyclic) bond motifs is 1. The van der Waals surface area contributed by atoms with Gasteiger partial charge in [-0.3, -0.25) is 10.1 Å². The summed E-state index contributed by atoms with van der Waals surface area (Å²) in [6.07, 6.45) is 1.82. The molecule has 4 N–H and O–H groups in total. The van der Waals surface area contributed by atoms with Gasteiger partial charge in [-0.2, -0.15) is 10.2 Å². The van der Waals surface area contributed by atoms with Gasteiger partial charge in [0.05, 0.1) is 41.1 Å². The molecule has 0 aliphatic carbocycles. The van der Waals surface area contributed by atoms with Crippen molar-refractivity contribution in [3.05, 3.63) is 77.9 Å². The molecule has 1 unspecified atom stereocenters. The standard InChI is InChI=1S/C24H23N7O/c1-14-9-22(30-29-14)18-10-16(21-7-4-6-20(28-21)15(2)25)11-23-19(18)12-26-31(23)24-8-3-5-17(13-32)27-24/h3-12,15,32H,13,25H2,1-2H3,(H,29,30). The molecule has 0 bridgehead atoms. The quantitative estimate of drug-likeness (QED) is 0.395. The van der Waals surface area contributed by atoms with Crippen LogP contribution in [0, 0.1) is 6.92 Å². The number of aromatic amines is 1. The highest BCUT2D eigenvalue weighted by Crippen LogP contribution is 2.34. The predicted octanol–water partition coefficient (Wildman–Crippen LogP) is 3.69. The normalized spacial score (nSPS) is 12.4. The predicted molar refractivity (Wildman–Crippen MR) is 123 cm³/mol. The Hall–Kier alpha value is -3.88. The van der Waals surface area contributed by atoms with Crippen LogP contribution in [0.25, 0.3) is 39.2 Å². The minimum absolute atomic E-state index is 0.135. The zero-order chi connectivity index (χ0) is 22.2. The minimum atomic E-state index is -0.164. The van der Waals surface area contributed by atoms with E-state index in [1.165, 1.54) is 0 Å². The second kappa shape index (κ2) is 7.99. The van der Waals surface area contributed by atoms with Gasteiger partial charge >= 0.3 is 0 Å². The van der Waals surface area contributed by atoms with E-state index in [1.807, 2.05) is 62.5 Å². The van der Waals surface area contributed by atoms with Crippen molar-refractivity contribution in [3.63, 3.8) is 0 Å². The van der Waals surface area contributed by atoms with E-state index in [0.29, 0.717) is 11.5 Å². The van der Waals surface area contributed by atoms with Gasteiger partial charge in [0.1, 0.15) is 0 Å². The lowest BCUT2D eigenvalue weighted by Gasteiger charge is -2.11. The van der Waals surface area contributed by atoms with Crippen LogP contribution in [-0.4, -0.2) is 35.1 Å². The summed E-state index contributed by atoms with van der Waals surface area (Å²) in [5, 5.41) is 22.6. The molecule has 4 aromatic heterocycles. The van der Waals surface area contributed by atoms with Crippen LogP contribution in [0.3, 0.4) is 0 Å². The first kappa shape index (κ1) is 20.0. The fourth-order valence-corrected chi connectivity index (χ4v) is 3.76. The van der Waals surface area contributed by atoms with Gasteiger partial charge in [0, 0.05) is 28.2 Å². The molecule has 32 heavy (non-hydrogen) atoms. The second-order valence-corrected chi connectivity index (χ2v) is 7.83.